The van der Waals surface area contributed by atoms with Crippen LogP contribution >= 0.6 is 23.3 Å². The molecule has 0 aliphatic heterocycles. The fourth-order valence-corrected chi connectivity index (χ4v) is 4.04. The summed E-state index contributed by atoms with van der Waals surface area (Å²) in [5.74, 6) is -1.19. The zero-order valence-corrected chi connectivity index (χ0v) is 13.6. The Morgan fingerprint density at radius 1 is 1.22 bits per heavy atom. The lowest BCUT2D eigenvalue weighted by Crippen LogP contribution is -2.13. The Balaban J connectivity index is 2.00. The van der Waals surface area contributed by atoms with Crippen molar-refractivity contribution >= 4 is 56.0 Å². The average molecular weight is 370 g/mol. The van der Waals surface area contributed by atoms with Crippen LogP contribution in [0.1, 0.15) is 10.4 Å². The Kier molecular flexibility index (Phi) is 3.92. The van der Waals surface area contributed by atoms with E-state index in [9.17, 15) is 13.2 Å². The Hall–Kier alpha value is -2.23. The van der Waals surface area contributed by atoms with Gasteiger partial charge in [-0.25, -0.2) is 13.2 Å². The smallest absolute Gasteiger partial charge is 0.337 e. The van der Waals surface area contributed by atoms with Crippen molar-refractivity contribution in [1.82, 2.24) is 8.75 Å². The highest BCUT2D eigenvalue weighted by Crippen LogP contribution is 2.26. The van der Waals surface area contributed by atoms with Crippen molar-refractivity contribution < 1.29 is 18.3 Å². The number of nitrogens with zero attached hydrogens (tertiary/aromatic N) is 2. The summed E-state index contributed by atoms with van der Waals surface area (Å²) in [5, 5.41) is 8.86. The van der Waals surface area contributed by atoms with Crippen molar-refractivity contribution in [1.29, 1.82) is 0 Å². The van der Waals surface area contributed by atoms with E-state index in [1.165, 1.54) is 24.3 Å². The Bertz CT molecular complexity index is 1020. The number of nitrogens with one attached hydrogen (secondary N) is 1. The minimum Gasteiger partial charge on any atom is -0.478 e. The summed E-state index contributed by atoms with van der Waals surface area (Å²) < 4.78 is 35.4. The molecule has 1 aromatic heterocycles. The molecule has 0 fully saturated rings. The van der Waals surface area contributed by atoms with Gasteiger partial charge in [-0.1, -0.05) is 17.7 Å². The van der Waals surface area contributed by atoms with Gasteiger partial charge in [-0.3, -0.25) is 4.72 Å². The molecule has 118 valence electrons. The van der Waals surface area contributed by atoms with E-state index in [1.807, 2.05) is 0 Å². The first kappa shape index (κ1) is 15.7. The molecule has 0 radical (unpaired) electrons. The van der Waals surface area contributed by atoms with Gasteiger partial charge in [0.1, 0.15) is 15.9 Å². The number of aromatic carboxylic acids is 1. The molecule has 1 heterocycles. The molecule has 0 unspecified atom stereocenters. The molecule has 0 spiro atoms. The number of benzene rings is 2. The van der Waals surface area contributed by atoms with Gasteiger partial charge in [0.05, 0.1) is 28.0 Å². The van der Waals surface area contributed by atoms with Gasteiger partial charge >= 0.3 is 5.97 Å². The third kappa shape index (κ3) is 2.98. The number of carboxylic acids is 1. The lowest BCUT2D eigenvalue weighted by molar-refractivity contribution is 0.0697. The minimum absolute atomic E-state index is 0.0119. The summed E-state index contributed by atoms with van der Waals surface area (Å²) in [4.78, 5) is 10.9. The molecule has 0 aliphatic carbocycles. The summed E-state index contributed by atoms with van der Waals surface area (Å²) in [6.07, 6.45) is 0. The predicted octanol–water partition coefficient (Wildman–Crippen LogP) is 2.84. The average Bonchev–Trinajstić information content (AvgIpc) is 2.94. The van der Waals surface area contributed by atoms with E-state index in [2.05, 4.69) is 13.5 Å². The van der Waals surface area contributed by atoms with Crippen LogP contribution in [-0.4, -0.2) is 28.2 Å². The molecule has 7 nitrogen and oxygen atoms in total. The Morgan fingerprint density at radius 2 is 2.00 bits per heavy atom. The topological polar surface area (TPSA) is 109 Å². The van der Waals surface area contributed by atoms with Crippen molar-refractivity contribution in [2.75, 3.05) is 4.72 Å². The van der Waals surface area contributed by atoms with Crippen LogP contribution in [0.2, 0.25) is 5.02 Å². The van der Waals surface area contributed by atoms with Crippen molar-refractivity contribution in [3.8, 4) is 0 Å². The number of aromatic nitrogens is 2. The van der Waals surface area contributed by atoms with Gasteiger partial charge in [-0.15, -0.1) is 0 Å². The van der Waals surface area contributed by atoms with E-state index < -0.39 is 16.0 Å². The molecule has 0 amide bonds. The maximum Gasteiger partial charge on any atom is 0.337 e. The molecule has 2 N–H and O–H groups in total. The lowest BCUT2D eigenvalue weighted by Gasteiger charge is -2.09. The quantitative estimate of drug-likeness (QED) is 0.731. The number of fused-ring (bicyclic) bond motifs is 1. The van der Waals surface area contributed by atoms with Crippen molar-refractivity contribution in [2.24, 2.45) is 0 Å². The highest BCUT2D eigenvalue weighted by molar-refractivity contribution is 7.93. The third-order valence-electron chi connectivity index (χ3n) is 2.99. The lowest BCUT2D eigenvalue weighted by atomic mass is 10.2. The number of halogens is 1. The first-order chi connectivity index (χ1) is 10.9. The van der Waals surface area contributed by atoms with Crippen molar-refractivity contribution in [3.05, 3.63) is 47.0 Å². The molecule has 23 heavy (non-hydrogen) atoms. The zero-order chi connectivity index (χ0) is 16.6. The van der Waals surface area contributed by atoms with E-state index in [0.29, 0.717) is 5.52 Å². The van der Waals surface area contributed by atoms with Gasteiger partial charge in [0.2, 0.25) is 0 Å². The molecule has 0 atom stereocenters. The zero-order valence-electron chi connectivity index (χ0n) is 11.2. The van der Waals surface area contributed by atoms with E-state index in [4.69, 9.17) is 16.7 Å². The second-order valence-corrected chi connectivity index (χ2v) is 7.08. The molecular formula is C13H8ClN3O4S2. The number of carboxylic acid groups (broad SMARTS) is 1. The van der Waals surface area contributed by atoms with Crippen molar-refractivity contribution in [3.63, 3.8) is 0 Å². The first-order valence-corrected chi connectivity index (χ1v) is 8.74. The fraction of sp³-hybridized carbons (Fsp3) is 0. The summed E-state index contributed by atoms with van der Waals surface area (Å²) in [5.41, 5.74) is 0.802. The van der Waals surface area contributed by atoms with Crippen LogP contribution in [0, 0.1) is 0 Å². The number of hydrogen-bond donors (Lipinski definition) is 2. The van der Waals surface area contributed by atoms with E-state index in [1.54, 1.807) is 12.1 Å². The normalized spacial score (nSPS) is 11.5. The maximum atomic E-state index is 12.5. The SMILES string of the molecule is O=C(O)c1ccc(NS(=O)(=O)c2cccc3nsnc23)cc1Cl. The van der Waals surface area contributed by atoms with E-state index in [0.717, 1.165) is 11.7 Å². The standard InChI is InChI=1S/C13H8ClN3O4S2/c14-9-6-7(4-5-8(9)13(18)19)17-23(20,21)11-3-1-2-10-12(11)16-22-15-10/h1-6,17H,(H,18,19). The van der Waals surface area contributed by atoms with Crippen LogP contribution in [0.5, 0.6) is 0 Å². The largest absolute Gasteiger partial charge is 0.478 e. The van der Waals surface area contributed by atoms with E-state index in [-0.39, 0.29) is 26.7 Å². The molecular weight excluding hydrogens is 362 g/mol. The highest BCUT2D eigenvalue weighted by atomic mass is 35.5. The number of sulfonamides is 1. The van der Waals surface area contributed by atoms with Crippen LogP contribution in [0.4, 0.5) is 5.69 Å². The molecule has 10 heteroatoms. The molecule has 0 saturated carbocycles. The van der Waals surface area contributed by atoms with Gasteiger partial charge in [0.25, 0.3) is 10.0 Å². The third-order valence-corrected chi connectivity index (χ3v) is 5.26. The molecule has 0 aliphatic rings. The molecule has 3 aromatic rings. The van der Waals surface area contributed by atoms with Gasteiger partial charge < -0.3 is 5.11 Å². The van der Waals surface area contributed by atoms with Gasteiger partial charge in [0.15, 0.2) is 0 Å². The highest BCUT2D eigenvalue weighted by Gasteiger charge is 2.20. The summed E-state index contributed by atoms with van der Waals surface area (Å²) in [6, 6.07) is 8.44. The van der Waals surface area contributed by atoms with Crippen LogP contribution in [-0.2, 0) is 10.0 Å². The number of anilines is 1. The second kappa shape index (κ2) is 5.76. The second-order valence-electron chi connectivity index (χ2n) is 4.49. The summed E-state index contributed by atoms with van der Waals surface area (Å²) >= 11 is 6.76. The van der Waals surface area contributed by atoms with Gasteiger partial charge in [0, 0.05) is 0 Å². The minimum atomic E-state index is -3.91. The number of rotatable bonds is 4. The Labute approximate surface area is 139 Å². The molecule has 2 aromatic carbocycles. The molecule has 3 rings (SSSR count). The van der Waals surface area contributed by atoms with Crippen molar-refractivity contribution in [2.45, 2.75) is 4.90 Å². The van der Waals surface area contributed by atoms with Crippen LogP contribution in [0.3, 0.4) is 0 Å². The first-order valence-electron chi connectivity index (χ1n) is 6.15. The number of carbonyl (C=O) groups is 1. The van der Waals surface area contributed by atoms with Crippen LogP contribution in [0.25, 0.3) is 11.0 Å². The Morgan fingerprint density at radius 3 is 2.70 bits per heavy atom. The van der Waals surface area contributed by atoms with Gasteiger partial charge in [-0.2, -0.15) is 8.75 Å². The monoisotopic (exact) mass is 369 g/mol. The molecule has 0 saturated heterocycles. The maximum absolute atomic E-state index is 12.5. The van der Waals surface area contributed by atoms with E-state index >= 15 is 0 Å². The summed E-state index contributed by atoms with van der Waals surface area (Å²) in [7, 11) is -3.91. The fourth-order valence-electron chi connectivity index (χ4n) is 1.96. The van der Waals surface area contributed by atoms with Gasteiger partial charge in [-0.05, 0) is 30.3 Å². The van der Waals surface area contributed by atoms with Crippen LogP contribution < -0.4 is 4.72 Å². The predicted molar refractivity (Wildman–Crippen MR) is 86.6 cm³/mol. The number of hydrogen-bond acceptors (Lipinski definition) is 6. The van der Waals surface area contributed by atoms with Crippen LogP contribution in [0.15, 0.2) is 41.3 Å². The molecule has 0 bridgehead atoms. The summed E-state index contributed by atoms with van der Waals surface area (Å²) in [6.45, 7) is 0.